The van der Waals surface area contributed by atoms with Gasteiger partial charge in [-0.1, -0.05) is 12.1 Å². The predicted octanol–water partition coefficient (Wildman–Crippen LogP) is 5.77. The number of esters is 1. The third-order valence-corrected chi connectivity index (χ3v) is 7.60. The molecule has 180 valence electrons. The molecule has 0 bridgehead atoms. The molecule has 10 heteroatoms. The first-order chi connectivity index (χ1) is 16.7. The van der Waals surface area contributed by atoms with Crippen molar-refractivity contribution in [2.75, 3.05) is 7.11 Å². The Hall–Kier alpha value is -3.29. The Morgan fingerprint density at radius 1 is 1.26 bits per heavy atom. The second-order valence-corrected chi connectivity index (χ2v) is 9.48. The highest BCUT2D eigenvalue weighted by molar-refractivity contribution is 7.13. The lowest BCUT2D eigenvalue weighted by molar-refractivity contribution is -0.0966. The summed E-state index contributed by atoms with van der Waals surface area (Å²) in [5.74, 6) is -5.61. The van der Waals surface area contributed by atoms with Crippen LogP contribution in [0.1, 0.15) is 74.9 Å². The molecular weight excluding hydrogens is 484 g/mol. The minimum atomic E-state index is -3.48. The highest BCUT2D eigenvalue weighted by Gasteiger charge is 2.50. The van der Waals surface area contributed by atoms with Gasteiger partial charge in [-0.2, -0.15) is 5.26 Å². The van der Waals surface area contributed by atoms with E-state index in [4.69, 9.17) is 4.74 Å². The summed E-state index contributed by atoms with van der Waals surface area (Å²) in [7, 11) is 1.18. The molecule has 0 amide bonds. The summed E-state index contributed by atoms with van der Waals surface area (Å²) in [6, 6.07) is 7.09. The van der Waals surface area contributed by atoms with E-state index in [1.54, 1.807) is 6.07 Å². The maximum Gasteiger partial charge on any atom is 0.358 e. The fourth-order valence-corrected chi connectivity index (χ4v) is 6.06. The summed E-state index contributed by atoms with van der Waals surface area (Å²) in [6.07, 6.45) is -4.14. The monoisotopic (exact) mass is 502 g/mol. The number of hydrogen-bond donors (Lipinski definition) is 1. The molecule has 2 aliphatic carbocycles. The predicted molar refractivity (Wildman–Crippen MR) is 119 cm³/mol. The van der Waals surface area contributed by atoms with Crippen molar-refractivity contribution in [3.8, 4) is 16.5 Å². The summed E-state index contributed by atoms with van der Waals surface area (Å²) in [4.78, 5) is 16.4. The molecule has 35 heavy (non-hydrogen) atoms. The van der Waals surface area contributed by atoms with Crippen molar-refractivity contribution in [2.24, 2.45) is 0 Å². The van der Waals surface area contributed by atoms with E-state index < -0.39 is 42.3 Å². The number of aliphatic hydroxyl groups is 1. The Labute approximate surface area is 201 Å². The van der Waals surface area contributed by atoms with Gasteiger partial charge in [0, 0.05) is 17.9 Å². The van der Waals surface area contributed by atoms with E-state index in [9.17, 15) is 32.7 Å². The van der Waals surface area contributed by atoms with Gasteiger partial charge in [0.1, 0.15) is 18.1 Å². The van der Waals surface area contributed by atoms with E-state index in [0.717, 1.165) is 23.5 Å². The number of fused-ring (bicyclic) bond motifs is 2. The first kappa shape index (κ1) is 23.5. The van der Waals surface area contributed by atoms with Crippen LogP contribution in [-0.4, -0.2) is 29.1 Å². The summed E-state index contributed by atoms with van der Waals surface area (Å²) in [5.41, 5.74) is 2.38. The lowest BCUT2D eigenvalue weighted by Gasteiger charge is -2.31. The van der Waals surface area contributed by atoms with Gasteiger partial charge in [-0.15, -0.1) is 11.3 Å². The summed E-state index contributed by atoms with van der Waals surface area (Å²) >= 11 is 1.05. The highest BCUT2D eigenvalue weighted by Crippen LogP contribution is 2.53. The van der Waals surface area contributed by atoms with Gasteiger partial charge in [0.2, 0.25) is 0 Å². The van der Waals surface area contributed by atoms with Crippen molar-refractivity contribution >= 4 is 17.3 Å². The summed E-state index contributed by atoms with van der Waals surface area (Å²) in [5, 5.41) is 20.2. The molecule has 0 radical (unpaired) electrons. The molecule has 2 aliphatic rings. The second kappa shape index (κ2) is 8.43. The Balaban J connectivity index is 1.74. The van der Waals surface area contributed by atoms with Crippen molar-refractivity contribution in [1.82, 2.24) is 4.98 Å². The molecule has 3 atom stereocenters. The van der Waals surface area contributed by atoms with Gasteiger partial charge in [-0.25, -0.2) is 27.3 Å². The number of carbonyl (C=O) groups excluding carboxylic acids is 1. The first-order valence-electron chi connectivity index (χ1n) is 10.8. The number of hydrogen-bond acceptors (Lipinski definition) is 6. The molecule has 5 rings (SSSR count). The summed E-state index contributed by atoms with van der Waals surface area (Å²) in [6.45, 7) is 0. The number of thiazole rings is 1. The maximum atomic E-state index is 14.9. The van der Waals surface area contributed by atoms with Crippen LogP contribution in [0.4, 0.5) is 17.6 Å². The second-order valence-electron chi connectivity index (χ2n) is 8.62. The van der Waals surface area contributed by atoms with Gasteiger partial charge in [-0.05, 0) is 52.8 Å². The Kier molecular flexibility index (Phi) is 5.65. The molecule has 0 spiro atoms. The first-order valence-corrected chi connectivity index (χ1v) is 11.7. The molecule has 2 aromatic carbocycles. The van der Waals surface area contributed by atoms with Crippen molar-refractivity contribution in [2.45, 2.75) is 43.4 Å². The molecule has 0 fully saturated rings. The van der Waals surface area contributed by atoms with Crippen molar-refractivity contribution < 1.29 is 32.2 Å². The minimum absolute atomic E-state index is 0.0305. The Bertz CT molecular complexity index is 1400. The zero-order chi connectivity index (χ0) is 25.1. The normalized spacial score (nSPS) is 22.3. The Morgan fingerprint density at radius 2 is 2.03 bits per heavy atom. The number of methoxy groups -OCH3 is 1. The number of nitrogens with zero attached hydrogens (tertiary/aromatic N) is 2. The van der Waals surface area contributed by atoms with Crippen LogP contribution in [0.25, 0.3) is 10.4 Å². The molecule has 5 nitrogen and oxygen atoms in total. The van der Waals surface area contributed by atoms with E-state index in [-0.39, 0.29) is 56.8 Å². The topological polar surface area (TPSA) is 83.2 Å². The fourth-order valence-electron chi connectivity index (χ4n) is 5.24. The van der Waals surface area contributed by atoms with Crippen LogP contribution >= 0.6 is 11.3 Å². The number of rotatable bonds is 3. The van der Waals surface area contributed by atoms with E-state index >= 15 is 0 Å². The third-order valence-electron chi connectivity index (χ3n) is 6.74. The molecule has 3 aromatic rings. The van der Waals surface area contributed by atoms with Gasteiger partial charge >= 0.3 is 5.97 Å². The zero-order valence-electron chi connectivity index (χ0n) is 18.3. The highest BCUT2D eigenvalue weighted by atomic mass is 32.1. The number of aromatic nitrogens is 1. The molecule has 1 heterocycles. The van der Waals surface area contributed by atoms with E-state index in [1.807, 2.05) is 6.07 Å². The lowest BCUT2D eigenvalue weighted by atomic mass is 9.74. The molecule has 0 saturated heterocycles. The van der Waals surface area contributed by atoms with Crippen LogP contribution in [0, 0.1) is 17.1 Å². The number of ether oxygens (including phenoxy) is 1. The largest absolute Gasteiger partial charge is 0.464 e. The third kappa shape index (κ3) is 3.61. The zero-order valence-corrected chi connectivity index (χ0v) is 19.1. The standard InChI is InChI=1S/C25H18F4N2O3S/c1-34-24(33)21-22(35-10-31-21)15-3-2-13(17-8-25(28,29)23(32)20(15)17)14-4-5-18(27)16-7-12(26)6-11(9-30)19(14)16/h2-3,6-7,10,14,18,23,32H,4-5,8H2,1H3/t14-,18+,23+/m1/s1. The van der Waals surface area contributed by atoms with Gasteiger partial charge in [0.25, 0.3) is 5.92 Å². The fraction of sp³-hybridized carbons (Fsp3) is 0.320. The van der Waals surface area contributed by atoms with Crippen LogP contribution in [0.15, 0.2) is 29.8 Å². The van der Waals surface area contributed by atoms with E-state index in [2.05, 4.69) is 4.98 Å². The molecule has 0 unspecified atom stereocenters. The van der Waals surface area contributed by atoms with Crippen molar-refractivity contribution in [1.29, 1.82) is 5.26 Å². The molecule has 1 N–H and O–H groups in total. The van der Waals surface area contributed by atoms with Crippen LogP contribution in [-0.2, 0) is 11.2 Å². The lowest BCUT2D eigenvalue weighted by Crippen LogP contribution is -2.22. The summed E-state index contributed by atoms with van der Waals surface area (Å²) < 4.78 is 63.3. The van der Waals surface area contributed by atoms with Crippen molar-refractivity contribution in [3.05, 3.63) is 74.7 Å². The molecular formula is C25H18F4N2O3S. The van der Waals surface area contributed by atoms with Crippen molar-refractivity contribution in [3.63, 3.8) is 0 Å². The number of alkyl halides is 3. The minimum Gasteiger partial charge on any atom is -0.464 e. The number of benzene rings is 2. The average molecular weight is 502 g/mol. The maximum absolute atomic E-state index is 14.9. The van der Waals surface area contributed by atoms with Gasteiger partial charge < -0.3 is 9.84 Å². The number of halogens is 4. The van der Waals surface area contributed by atoms with Crippen LogP contribution < -0.4 is 0 Å². The molecule has 0 aliphatic heterocycles. The van der Waals surface area contributed by atoms with Crippen LogP contribution in [0.5, 0.6) is 0 Å². The van der Waals surface area contributed by atoms with E-state index in [1.165, 1.54) is 18.7 Å². The average Bonchev–Trinajstić information content (AvgIpc) is 3.41. The van der Waals surface area contributed by atoms with Gasteiger partial charge in [-0.3, -0.25) is 0 Å². The number of nitriles is 1. The van der Waals surface area contributed by atoms with Gasteiger partial charge in [0.05, 0.1) is 29.1 Å². The SMILES string of the molecule is COC(=O)c1ncsc1-c1ccc([C@H]2CC[C@H](F)c3cc(F)cc(C#N)c32)c2c1[C@H](O)C(F)(F)C2. The molecule has 0 saturated carbocycles. The molecule has 1 aromatic heterocycles. The number of carbonyl (C=O) groups is 1. The van der Waals surface area contributed by atoms with Gasteiger partial charge in [0.15, 0.2) is 5.69 Å². The van der Waals surface area contributed by atoms with Crippen LogP contribution in [0.3, 0.4) is 0 Å². The quantitative estimate of drug-likeness (QED) is 0.363. The smallest absolute Gasteiger partial charge is 0.358 e. The number of aliphatic hydroxyl groups excluding tert-OH is 1. The Morgan fingerprint density at radius 3 is 2.74 bits per heavy atom. The van der Waals surface area contributed by atoms with E-state index in [0.29, 0.717) is 5.56 Å². The van der Waals surface area contributed by atoms with Crippen LogP contribution in [0.2, 0.25) is 0 Å².